The molecule has 1 heteroatoms. The Hall–Kier alpha value is -1.76. The number of phenols is 1. The molecule has 0 aliphatic carbocycles. The zero-order valence-electron chi connectivity index (χ0n) is 11.8. The van der Waals surface area contributed by atoms with Gasteiger partial charge in [0.15, 0.2) is 0 Å². The summed E-state index contributed by atoms with van der Waals surface area (Å²) in [5, 5.41) is 10.3. The van der Waals surface area contributed by atoms with E-state index in [0.717, 1.165) is 24.8 Å². The Labute approximate surface area is 115 Å². The topological polar surface area (TPSA) is 20.2 Å². The highest BCUT2D eigenvalue weighted by Gasteiger charge is 2.33. The molecule has 0 aromatic heterocycles. The van der Waals surface area contributed by atoms with Crippen LogP contribution in [-0.2, 0) is 5.41 Å². The molecule has 2 aromatic carbocycles. The van der Waals surface area contributed by atoms with Crippen LogP contribution in [0, 0.1) is 0 Å². The standard InChI is InChI=1S/C18H22O/c1-3-14-18(4-2,15-10-6-5-7-11-15)16-12-8-9-13-17(16)19/h5-13,19H,3-4,14H2,1-2H3. The van der Waals surface area contributed by atoms with Gasteiger partial charge in [0.1, 0.15) is 5.75 Å². The monoisotopic (exact) mass is 254 g/mol. The van der Waals surface area contributed by atoms with E-state index in [0.29, 0.717) is 5.75 Å². The molecule has 0 spiro atoms. The second-order valence-corrected chi connectivity index (χ2v) is 5.07. The van der Waals surface area contributed by atoms with Gasteiger partial charge in [-0.15, -0.1) is 0 Å². The molecule has 0 saturated carbocycles. The fourth-order valence-corrected chi connectivity index (χ4v) is 3.07. The molecule has 0 amide bonds. The first-order valence-electron chi connectivity index (χ1n) is 7.08. The second kappa shape index (κ2) is 5.92. The molecule has 1 nitrogen and oxygen atoms in total. The molecular weight excluding hydrogens is 232 g/mol. The van der Waals surface area contributed by atoms with Crippen molar-refractivity contribution in [1.29, 1.82) is 0 Å². The first-order valence-corrected chi connectivity index (χ1v) is 7.08. The molecule has 0 aliphatic heterocycles. The Bertz CT molecular complexity index is 518. The van der Waals surface area contributed by atoms with E-state index in [-0.39, 0.29) is 5.41 Å². The lowest BCUT2D eigenvalue weighted by Gasteiger charge is -2.34. The highest BCUT2D eigenvalue weighted by atomic mass is 16.3. The minimum atomic E-state index is -0.0820. The molecule has 100 valence electrons. The molecule has 2 rings (SSSR count). The van der Waals surface area contributed by atoms with Crippen molar-refractivity contribution in [2.24, 2.45) is 0 Å². The summed E-state index contributed by atoms with van der Waals surface area (Å²) < 4.78 is 0. The summed E-state index contributed by atoms with van der Waals surface area (Å²) in [4.78, 5) is 0. The lowest BCUT2D eigenvalue weighted by atomic mass is 9.69. The Morgan fingerprint density at radius 1 is 0.895 bits per heavy atom. The van der Waals surface area contributed by atoms with E-state index < -0.39 is 0 Å². The van der Waals surface area contributed by atoms with Crippen LogP contribution >= 0.6 is 0 Å². The van der Waals surface area contributed by atoms with Gasteiger partial charge in [0.25, 0.3) is 0 Å². The summed E-state index contributed by atoms with van der Waals surface area (Å²) in [5.41, 5.74) is 2.26. The maximum absolute atomic E-state index is 10.3. The molecule has 0 bridgehead atoms. The number of hydrogen-bond acceptors (Lipinski definition) is 1. The molecule has 0 saturated heterocycles. The van der Waals surface area contributed by atoms with Gasteiger partial charge in [-0.3, -0.25) is 0 Å². The van der Waals surface area contributed by atoms with Gasteiger partial charge in [-0.25, -0.2) is 0 Å². The maximum Gasteiger partial charge on any atom is 0.119 e. The highest BCUT2D eigenvalue weighted by molar-refractivity contribution is 5.46. The third-order valence-electron chi connectivity index (χ3n) is 4.03. The SMILES string of the molecule is CCCC(CC)(c1ccccc1)c1ccccc1O. The number of para-hydroxylation sites is 1. The van der Waals surface area contributed by atoms with Crippen molar-refractivity contribution in [1.82, 2.24) is 0 Å². The highest BCUT2D eigenvalue weighted by Crippen LogP contribution is 2.43. The fourth-order valence-electron chi connectivity index (χ4n) is 3.07. The summed E-state index contributed by atoms with van der Waals surface area (Å²) in [7, 11) is 0. The van der Waals surface area contributed by atoms with Crippen LogP contribution in [0.2, 0.25) is 0 Å². The third-order valence-corrected chi connectivity index (χ3v) is 4.03. The molecule has 0 aliphatic rings. The van der Waals surface area contributed by atoms with Crippen molar-refractivity contribution in [3.63, 3.8) is 0 Å². The summed E-state index contributed by atoms with van der Waals surface area (Å²) in [6.07, 6.45) is 3.13. The molecule has 19 heavy (non-hydrogen) atoms. The molecular formula is C18H22O. The van der Waals surface area contributed by atoms with Crippen LogP contribution in [0.3, 0.4) is 0 Å². The number of aromatic hydroxyl groups is 1. The van der Waals surface area contributed by atoms with Gasteiger partial charge in [-0.2, -0.15) is 0 Å². The predicted molar refractivity (Wildman–Crippen MR) is 80.5 cm³/mol. The van der Waals surface area contributed by atoms with Crippen molar-refractivity contribution < 1.29 is 5.11 Å². The average molecular weight is 254 g/mol. The Morgan fingerprint density at radius 3 is 2.11 bits per heavy atom. The Morgan fingerprint density at radius 2 is 1.53 bits per heavy atom. The van der Waals surface area contributed by atoms with Crippen LogP contribution in [0.1, 0.15) is 44.2 Å². The normalized spacial score (nSPS) is 14.0. The van der Waals surface area contributed by atoms with Gasteiger partial charge in [0.05, 0.1) is 0 Å². The van der Waals surface area contributed by atoms with Crippen LogP contribution in [0.5, 0.6) is 5.75 Å². The number of hydrogen-bond donors (Lipinski definition) is 1. The summed E-state index contributed by atoms with van der Waals surface area (Å²) in [6.45, 7) is 4.41. The summed E-state index contributed by atoms with van der Waals surface area (Å²) in [5.74, 6) is 0.404. The number of phenolic OH excluding ortho intramolecular Hbond substituents is 1. The van der Waals surface area contributed by atoms with Crippen molar-refractivity contribution >= 4 is 0 Å². The molecule has 2 aromatic rings. The summed E-state index contributed by atoms with van der Waals surface area (Å²) >= 11 is 0. The lowest BCUT2D eigenvalue weighted by molar-refractivity contribution is 0.406. The van der Waals surface area contributed by atoms with E-state index in [1.165, 1.54) is 5.56 Å². The molecule has 0 radical (unpaired) electrons. The lowest BCUT2D eigenvalue weighted by Crippen LogP contribution is -2.26. The van der Waals surface area contributed by atoms with Gasteiger partial charge in [-0.05, 0) is 24.5 Å². The smallest absolute Gasteiger partial charge is 0.119 e. The van der Waals surface area contributed by atoms with Gasteiger partial charge in [-0.1, -0.05) is 68.8 Å². The quantitative estimate of drug-likeness (QED) is 0.805. The van der Waals surface area contributed by atoms with Crippen LogP contribution in [0.25, 0.3) is 0 Å². The molecule has 0 heterocycles. The largest absolute Gasteiger partial charge is 0.508 e. The van der Waals surface area contributed by atoms with Crippen LogP contribution in [0.4, 0.5) is 0 Å². The molecule has 1 atom stereocenters. The van der Waals surface area contributed by atoms with E-state index >= 15 is 0 Å². The van der Waals surface area contributed by atoms with Crippen molar-refractivity contribution in [3.8, 4) is 5.75 Å². The van der Waals surface area contributed by atoms with E-state index in [4.69, 9.17) is 0 Å². The molecule has 0 fully saturated rings. The van der Waals surface area contributed by atoms with Gasteiger partial charge in [0.2, 0.25) is 0 Å². The van der Waals surface area contributed by atoms with Crippen molar-refractivity contribution in [2.45, 2.75) is 38.5 Å². The van der Waals surface area contributed by atoms with Gasteiger partial charge in [0, 0.05) is 11.0 Å². The third kappa shape index (κ3) is 2.51. The minimum absolute atomic E-state index is 0.0820. The average Bonchev–Trinajstić information content (AvgIpc) is 2.47. The van der Waals surface area contributed by atoms with Gasteiger partial charge < -0.3 is 5.11 Å². The van der Waals surface area contributed by atoms with Crippen LogP contribution in [-0.4, -0.2) is 5.11 Å². The Kier molecular flexibility index (Phi) is 4.26. The molecule has 1 unspecified atom stereocenters. The zero-order chi connectivity index (χ0) is 13.7. The number of rotatable bonds is 5. The van der Waals surface area contributed by atoms with Crippen LogP contribution < -0.4 is 0 Å². The molecule has 1 N–H and O–H groups in total. The number of benzene rings is 2. The van der Waals surface area contributed by atoms with E-state index in [1.54, 1.807) is 6.07 Å². The maximum atomic E-state index is 10.3. The summed E-state index contributed by atoms with van der Waals surface area (Å²) in [6, 6.07) is 18.3. The van der Waals surface area contributed by atoms with Crippen LogP contribution in [0.15, 0.2) is 54.6 Å². The van der Waals surface area contributed by atoms with Gasteiger partial charge >= 0.3 is 0 Å². The fraction of sp³-hybridized carbons (Fsp3) is 0.333. The predicted octanol–water partition coefficient (Wildman–Crippen LogP) is 4.89. The second-order valence-electron chi connectivity index (χ2n) is 5.07. The minimum Gasteiger partial charge on any atom is -0.508 e. The van der Waals surface area contributed by atoms with Crippen molar-refractivity contribution in [2.75, 3.05) is 0 Å². The zero-order valence-corrected chi connectivity index (χ0v) is 11.8. The van der Waals surface area contributed by atoms with E-state index in [2.05, 4.69) is 44.2 Å². The first kappa shape index (κ1) is 13.7. The van der Waals surface area contributed by atoms with E-state index in [9.17, 15) is 5.11 Å². The first-order chi connectivity index (χ1) is 9.24. The Balaban J connectivity index is 2.61. The van der Waals surface area contributed by atoms with Crippen molar-refractivity contribution in [3.05, 3.63) is 65.7 Å². The van der Waals surface area contributed by atoms with E-state index in [1.807, 2.05) is 18.2 Å².